The number of nitrogens with zero attached hydrogens (tertiary/aromatic N) is 4. The van der Waals surface area contributed by atoms with Gasteiger partial charge >= 0.3 is 0 Å². The largest absolute Gasteiger partial charge is 0.494 e. The molecule has 0 amide bonds. The van der Waals surface area contributed by atoms with E-state index in [4.69, 9.17) is 22.1 Å². The van der Waals surface area contributed by atoms with Crippen molar-refractivity contribution >= 4 is 34.1 Å². The second-order valence-corrected chi connectivity index (χ2v) is 5.32. The third-order valence-corrected chi connectivity index (χ3v) is 3.17. The minimum Gasteiger partial charge on any atom is -0.494 e. The van der Waals surface area contributed by atoms with Crippen LogP contribution in [-0.2, 0) is 6.42 Å². The SMILES string of the molecule is COc1cccc2c1nc(N)n1nc(CC(C)Cl)nc21. The quantitative estimate of drug-likeness (QED) is 0.747. The van der Waals surface area contributed by atoms with Gasteiger partial charge in [0.2, 0.25) is 5.95 Å². The van der Waals surface area contributed by atoms with Gasteiger partial charge in [-0.1, -0.05) is 6.07 Å². The lowest BCUT2D eigenvalue weighted by molar-refractivity contribution is 0.419. The average molecular weight is 292 g/mol. The minimum absolute atomic E-state index is 0.0394. The van der Waals surface area contributed by atoms with Crippen molar-refractivity contribution in [3.63, 3.8) is 0 Å². The zero-order chi connectivity index (χ0) is 14.3. The summed E-state index contributed by atoms with van der Waals surface area (Å²) in [5.41, 5.74) is 7.29. The molecule has 0 aliphatic carbocycles. The van der Waals surface area contributed by atoms with Crippen LogP contribution in [0.1, 0.15) is 12.7 Å². The number of hydrogen-bond donors (Lipinski definition) is 1. The van der Waals surface area contributed by atoms with E-state index in [-0.39, 0.29) is 11.3 Å². The van der Waals surface area contributed by atoms with E-state index < -0.39 is 0 Å². The van der Waals surface area contributed by atoms with Gasteiger partial charge < -0.3 is 10.5 Å². The molecule has 0 saturated heterocycles. The predicted octanol–water partition coefficient (Wildman–Crippen LogP) is 2.04. The zero-order valence-corrected chi connectivity index (χ0v) is 11.9. The third-order valence-electron chi connectivity index (χ3n) is 3.02. The van der Waals surface area contributed by atoms with Crippen molar-refractivity contribution in [2.75, 3.05) is 12.8 Å². The molecule has 3 aromatic rings. The van der Waals surface area contributed by atoms with Crippen LogP contribution in [0.15, 0.2) is 18.2 Å². The molecule has 0 radical (unpaired) electrons. The smallest absolute Gasteiger partial charge is 0.223 e. The number of methoxy groups -OCH3 is 1. The average Bonchev–Trinajstić information content (AvgIpc) is 2.82. The molecule has 1 atom stereocenters. The fraction of sp³-hybridized carbons (Fsp3) is 0.308. The second kappa shape index (κ2) is 4.79. The Labute approximate surface area is 120 Å². The van der Waals surface area contributed by atoms with Gasteiger partial charge in [0, 0.05) is 17.2 Å². The van der Waals surface area contributed by atoms with Crippen LogP contribution in [0.5, 0.6) is 5.75 Å². The van der Waals surface area contributed by atoms with Gasteiger partial charge in [0.25, 0.3) is 0 Å². The van der Waals surface area contributed by atoms with Crippen LogP contribution in [0.25, 0.3) is 16.6 Å². The van der Waals surface area contributed by atoms with Crippen LogP contribution in [0, 0.1) is 0 Å². The zero-order valence-electron chi connectivity index (χ0n) is 11.2. The second-order valence-electron chi connectivity index (χ2n) is 4.57. The molecule has 6 nitrogen and oxygen atoms in total. The molecule has 2 N–H and O–H groups in total. The Bertz CT molecular complexity index is 783. The standard InChI is InChI=1S/C13H14ClN5O/c1-7(14)6-10-16-12-8-4-3-5-9(20-2)11(8)17-13(15)19(12)18-10/h3-5,7H,6H2,1-2H3,(H2,15,17). The highest BCUT2D eigenvalue weighted by Crippen LogP contribution is 2.27. The summed E-state index contributed by atoms with van der Waals surface area (Å²) in [6, 6.07) is 5.64. The van der Waals surface area contributed by atoms with E-state index in [1.807, 2.05) is 25.1 Å². The Morgan fingerprint density at radius 1 is 1.40 bits per heavy atom. The summed E-state index contributed by atoms with van der Waals surface area (Å²) in [6.45, 7) is 1.90. The van der Waals surface area contributed by atoms with Gasteiger partial charge in [-0.3, -0.25) is 0 Å². The summed E-state index contributed by atoms with van der Waals surface area (Å²) in [7, 11) is 1.60. The Kier molecular flexibility index (Phi) is 3.10. The lowest BCUT2D eigenvalue weighted by Gasteiger charge is -2.06. The van der Waals surface area contributed by atoms with E-state index in [2.05, 4.69) is 15.1 Å². The number of para-hydroxylation sites is 1. The van der Waals surface area contributed by atoms with E-state index in [1.165, 1.54) is 4.52 Å². The molecule has 20 heavy (non-hydrogen) atoms. The number of anilines is 1. The first kappa shape index (κ1) is 12.9. The van der Waals surface area contributed by atoms with Crippen molar-refractivity contribution in [3.05, 3.63) is 24.0 Å². The Morgan fingerprint density at radius 3 is 2.90 bits per heavy atom. The topological polar surface area (TPSA) is 78.3 Å². The number of ether oxygens (including phenoxy) is 1. The van der Waals surface area contributed by atoms with Crippen LogP contribution in [-0.4, -0.2) is 32.1 Å². The molecule has 0 aliphatic heterocycles. The van der Waals surface area contributed by atoms with Crippen LogP contribution in [0.3, 0.4) is 0 Å². The number of nitrogens with two attached hydrogens (primary N) is 1. The van der Waals surface area contributed by atoms with Crippen molar-refractivity contribution in [3.8, 4) is 5.75 Å². The first-order valence-electron chi connectivity index (χ1n) is 6.22. The van der Waals surface area contributed by atoms with E-state index in [0.29, 0.717) is 29.2 Å². The summed E-state index contributed by atoms with van der Waals surface area (Å²) in [4.78, 5) is 8.86. The van der Waals surface area contributed by atoms with Gasteiger partial charge in [-0.15, -0.1) is 16.7 Å². The maximum Gasteiger partial charge on any atom is 0.223 e. The van der Waals surface area contributed by atoms with Crippen molar-refractivity contribution in [1.82, 2.24) is 19.6 Å². The van der Waals surface area contributed by atoms with Gasteiger partial charge in [0.15, 0.2) is 11.5 Å². The molecule has 0 saturated carbocycles. The van der Waals surface area contributed by atoms with Gasteiger partial charge in [0.1, 0.15) is 11.3 Å². The molecule has 2 aromatic heterocycles. The summed E-state index contributed by atoms with van der Waals surface area (Å²) < 4.78 is 6.84. The van der Waals surface area contributed by atoms with Gasteiger partial charge in [0.05, 0.1) is 7.11 Å². The third kappa shape index (κ3) is 2.02. The maximum atomic E-state index is 5.99. The van der Waals surface area contributed by atoms with Crippen molar-refractivity contribution in [2.45, 2.75) is 18.7 Å². The van der Waals surface area contributed by atoms with E-state index in [9.17, 15) is 0 Å². The minimum atomic E-state index is -0.0394. The maximum absolute atomic E-state index is 5.99. The fourth-order valence-electron chi connectivity index (χ4n) is 2.17. The highest BCUT2D eigenvalue weighted by molar-refractivity contribution is 6.20. The van der Waals surface area contributed by atoms with Gasteiger partial charge in [-0.25, -0.2) is 9.97 Å². The summed E-state index contributed by atoms with van der Waals surface area (Å²) in [5.74, 6) is 1.58. The van der Waals surface area contributed by atoms with E-state index >= 15 is 0 Å². The molecule has 2 heterocycles. The Hall–Kier alpha value is -2.08. The van der Waals surface area contributed by atoms with Gasteiger partial charge in [-0.05, 0) is 19.1 Å². The molecule has 0 spiro atoms. The molecule has 3 rings (SSSR count). The van der Waals surface area contributed by atoms with E-state index in [0.717, 1.165) is 5.39 Å². The number of hydrogen-bond acceptors (Lipinski definition) is 5. The highest BCUT2D eigenvalue weighted by atomic mass is 35.5. The number of aromatic nitrogens is 4. The summed E-state index contributed by atoms with van der Waals surface area (Å²) >= 11 is 5.99. The summed E-state index contributed by atoms with van der Waals surface area (Å²) in [6.07, 6.45) is 0.578. The number of rotatable bonds is 3. The number of alkyl halides is 1. The predicted molar refractivity (Wildman–Crippen MR) is 78.3 cm³/mol. The molecule has 1 unspecified atom stereocenters. The Balaban J connectivity index is 2.32. The number of benzene rings is 1. The number of fused-ring (bicyclic) bond motifs is 3. The monoisotopic (exact) mass is 291 g/mol. The van der Waals surface area contributed by atoms with E-state index in [1.54, 1.807) is 7.11 Å². The van der Waals surface area contributed by atoms with Crippen LogP contribution < -0.4 is 10.5 Å². The van der Waals surface area contributed by atoms with Crippen LogP contribution in [0.4, 0.5) is 5.95 Å². The molecule has 0 fully saturated rings. The lowest BCUT2D eigenvalue weighted by atomic mass is 10.2. The van der Waals surface area contributed by atoms with Gasteiger partial charge in [-0.2, -0.15) is 4.52 Å². The normalized spacial score (nSPS) is 12.9. The molecular weight excluding hydrogens is 278 g/mol. The Morgan fingerprint density at radius 2 is 2.20 bits per heavy atom. The molecule has 0 bridgehead atoms. The van der Waals surface area contributed by atoms with Crippen molar-refractivity contribution in [1.29, 1.82) is 0 Å². The number of nitrogen functional groups attached to an aromatic ring is 1. The highest BCUT2D eigenvalue weighted by Gasteiger charge is 2.15. The first-order valence-corrected chi connectivity index (χ1v) is 6.65. The summed E-state index contributed by atoms with van der Waals surface area (Å²) in [5, 5.41) is 5.16. The van der Waals surface area contributed by atoms with Crippen LogP contribution in [0.2, 0.25) is 0 Å². The molecule has 0 aliphatic rings. The fourth-order valence-corrected chi connectivity index (χ4v) is 2.31. The number of halogens is 1. The molecule has 7 heteroatoms. The van der Waals surface area contributed by atoms with Crippen LogP contribution >= 0.6 is 11.6 Å². The first-order chi connectivity index (χ1) is 9.60. The molecule has 104 valence electrons. The molecule has 1 aromatic carbocycles. The van der Waals surface area contributed by atoms with Crippen molar-refractivity contribution in [2.24, 2.45) is 0 Å². The lowest BCUT2D eigenvalue weighted by Crippen LogP contribution is -2.04. The molecular formula is C13H14ClN5O. The van der Waals surface area contributed by atoms with Crippen molar-refractivity contribution < 1.29 is 4.74 Å².